The van der Waals surface area contributed by atoms with Gasteiger partial charge < -0.3 is 14.4 Å². The lowest BCUT2D eigenvalue weighted by Crippen LogP contribution is -2.48. The van der Waals surface area contributed by atoms with Gasteiger partial charge in [0.05, 0.1) is 35.5 Å². The van der Waals surface area contributed by atoms with Gasteiger partial charge in [0.1, 0.15) is 19.0 Å². The van der Waals surface area contributed by atoms with Crippen molar-refractivity contribution < 1.29 is 23.9 Å². The summed E-state index contributed by atoms with van der Waals surface area (Å²) in [6.45, 7) is 4.51. The van der Waals surface area contributed by atoms with Gasteiger partial charge in [-0.2, -0.15) is 5.10 Å². The lowest BCUT2D eigenvalue weighted by Gasteiger charge is -2.34. The van der Waals surface area contributed by atoms with Crippen LogP contribution >= 0.6 is 23.2 Å². The summed E-state index contributed by atoms with van der Waals surface area (Å²) in [7, 11) is 0. The van der Waals surface area contributed by atoms with Gasteiger partial charge in [-0.1, -0.05) is 29.3 Å². The van der Waals surface area contributed by atoms with E-state index in [9.17, 15) is 14.4 Å². The number of aromatic nitrogens is 2. The molecule has 0 radical (unpaired) electrons. The summed E-state index contributed by atoms with van der Waals surface area (Å²) in [5.74, 6) is -2.05. The number of halogens is 2. The number of esters is 2. The molecule has 0 N–H and O–H groups in total. The minimum atomic E-state index is -0.863. The molecule has 0 bridgehead atoms. The minimum Gasteiger partial charge on any atom is -0.465 e. The molecule has 1 aliphatic rings. The monoisotopic (exact) mass is 494 g/mol. The summed E-state index contributed by atoms with van der Waals surface area (Å²) in [6.07, 6.45) is 1.58. The standard InChI is InChI=1S/C22H24Cl2N4O5/c1-4-32-18(29)11-27(12-19(30)33-5-2)22(31)20-13(3)26-17-8-9-25-28(17)21(20)14-6-7-15(23)16(24)10-14/h6-10,20-21H,4-5,11-12H2,1-3H3. The smallest absolute Gasteiger partial charge is 0.325 e. The maximum atomic E-state index is 13.8. The van der Waals surface area contributed by atoms with E-state index in [1.165, 1.54) is 0 Å². The number of nitrogens with zero attached hydrogens (tertiary/aromatic N) is 4. The maximum absolute atomic E-state index is 13.8. The molecule has 176 valence electrons. The Morgan fingerprint density at radius 2 is 1.67 bits per heavy atom. The molecule has 2 unspecified atom stereocenters. The van der Waals surface area contributed by atoms with E-state index in [0.29, 0.717) is 27.1 Å². The first-order chi connectivity index (χ1) is 15.8. The van der Waals surface area contributed by atoms with Crippen LogP contribution in [-0.2, 0) is 23.9 Å². The number of hydrogen-bond donors (Lipinski definition) is 0. The summed E-state index contributed by atoms with van der Waals surface area (Å²) in [4.78, 5) is 43.8. The Morgan fingerprint density at radius 3 is 2.24 bits per heavy atom. The fourth-order valence-electron chi connectivity index (χ4n) is 3.71. The van der Waals surface area contributed by atoms with Crippen LogP contribution in [0.15, 0.2) is 35.5 Å². The van der Waals surface area contributed by atoms with Gasteiger partial charge in [-0.3, -0.25) is 14.4 Å². The molecule has 1 aromatic carbocycles. The molecule has 33 heavy (non-hydrogen) atoms. The average Bonchev–Trinajstić information content (AvgIpc) is 3.22. The van der Waals surface area contributed by atoms with Crippen molar-refractivity contribution in [3.05, 3.63) is 46.1 Å². The predicted molar refractivity (Wildman–Crippen MR) is 123 cm³/mol. The van der Waals surface area contributed by atoms with Crippen molar-refractivity contribution in [1.29, 1.82) is 0 Å². The van der Waals surface area contributed by atoms with E-state index >= 15 is 0 Å². The molecule has 9 nitrogen and oxygen atoms in total. The Balaban J connectivity index is 2.03. The number of ether oxygens (including phenoxy) is 2. The molecule has 1 aliphatic heterocycles. The van der Waals surface area contributed by atoms with Gasteiger partial charge in [0.2, 0.25) is 5.91 Å². The quantitative estimate of drug-likeness (QED) is 0.520. The first-order valence-electron chi connectivity index (χ1n) is 10.4. The second kappa shape index (κ2) is 10.8. The van der Waals surface area contributed by atoms with Crippen LogP contribution in [0.2, 0.25) is 10.0 Å². The fourth-order valence-corrected chi connectivity index (χ4v) is 4.01. The zero-order valence-electron chi connectivity index (χ0n) is 18.5. The number of amides is 1. The Kier molecular flexibility index (Phi) is 8.10. The molecule has 1 amide bonds. The number of benzene rings is 1. The zero-order valence-corrected chi connectivity index (χ0v) is 20.0. The van der Waals surface area contributed by atoms with Crippen molar-refractivity contribution in [2.75, 3.05) is 26.3 Å². The highest BCUT2D eigenvalue weighted by Gasteiger charge is 2.41. The van der Waals surface area contributed by atoms with Crippen LogP contribution in [0.25, 0.3) is 0 Å². The molecule has 2 aromatic rings. The molecule has 0 fully saturated rings. The minimum absolute atomic E-state index is 0.146. The average molecular weight is 495 g/mol. The lowest BCUT2D eigenvalue weighted by molar-refractivity contribution is -0.155. The number of fused-ring (bicyclic) bond motifs is 1. The summed E-state index contributed by atoms with van der Waals surface area (Å²) >= 11 is 12.4. The number of aliphatic imine (C=N–C) groups is 1. The Hall–Kier alpha value is -2.91. The van der Waals surface area contributed by atoms with Crippen molar-refractivity contribution in [1.82, 2.24) is 14.7 Å². The van der Waals surface area contributed by atoms with Crippen molar-refractivity contribution in [2.45, 2.75) is 26.8 Å². The molecule has 2 atom stereocenters. The maximum Gasteiger partial charge on any atom is 0.325 e. The van der Waals surface area contributed by atoms with Crippen LogP contribution in [-0.4, -0.2) is 64.5 Å². The molecule has 0 saturated heterocycles. The van der Waals surface area contributed by atoms with E-state index in [1.807, 2.05) is 0 Å². The highest BCUT2D eigenvalue weighted by Crippen LogP contribution is 2.38. The van der Waals surface area contributed by atoms with Crippen molar-refractivity contribution in [2.24, 2.45) is 10.9 Å². The molecule has 2 heterocycles. The summed E-state index contributed by atoms with van der Waals surface area (Å²) in [6, 6.07) is 6.16. The second-order valence-corrected chi connectivity index (χ2v) is 8.10. The molecule has 0 saturated carbocycles. The summed E-state index contributed by atoms with van der Waals surface area (Å²) < 4.78 is 11.6. The van der Waals surface area contributed by atoms with Crippen LogP contribution < -0.4 is 0 Å². The van der Waals surface area contributed by atoms with E-state index in [1.54, 1.807) is 55.9 Å². The Bertz CT molecular complexity index is 1060. The van der Waals surface area contributed by atoms with E-state index in [4.69, 9.17) is 32.7 Å². The summed E-state index contributed by atoms with van der Waals surface area (Å²) in [5, 5.41) is 5.05. The Labute approximate surface area is 201 Å². The second-order valence-electron chi connectivity index (χ2n) is 7.29. The van der Waals surface area contributed by atoms with Crippen LogP contribution in [0.1, 0.15) is 32.4 Å². The third kappa shape index (κ3) is 5.54. The van der Waals surface area contributed by atoms with Crippen molar-refractivity contribution in [3.63, 3.8) is 0 Å². The molecule has 0 spiro atoms. The van der Waals surface area contributed by atoms with Gasteiger partial charge >= 0.3 is 11.9 Å². The molecular formula is C22H24Cl2N4O5. The topological polar surface area (TPSA) is 103 Å². The number of carbonyl (C=O) groups excluding carboxylic acids is 3. The van der Waals surface area contributed by atoms with E-state index < -0.39 is 42.9 Å². The first-order valence-corrected chi connectivity index (χ1v) is 11.2. The van der Waals surface area contributed by atoms with Gasteiger partial charge in [-0.25, -0.2) is 9.67 Å². The van der Waals surface area contributed by atoms with Crippen LogP contribution in [0.5, 0.6) is 0 Å². The zero-order chi connectivity index (χ0) is 24.1. The van der Waals surface area contributed by atoms with Crippen molar-refractivity contribution in [3.8, 4) is 0 Å². The van der Waals surface area contributed by atoms with Crippen molar-refractivity contribution >= 4 is 52.6 Å². The molecule has 11 heteroatoms. The number of carbonyl (C=O) groups is 3. The number of rotatable bonds is 8. The van der Waals surface area contributed by atoms with Gasteiger partial charge in [0.25, 0.3) is 0 Å². The molecule has 0 aliphatic carbocycles. The van der Waals surface area contributed by atoms with Gasteiger partial charge in [-0.15, -0.1) is 0 Å². The van der Waals surface area contributed by atoms with Crippen LogP contribution in [0, 0.1) is 5.92 Å². The lowest BCUT2D eigenvalue weighted by atomic mass is 9.87. The SMILES string of the molecule is CCOC(=O)CN(CC(=O)OCC)C(=O)C1C(C)=Nc2ccnn2C1c1ccc(Cl)c(Cl)c1. The molecular weight excluding hydrogens is 471 g/mol. The van der Waals surface area contributed by atoms with Crippen LogP contribution in [0.3, 0.4) is 0 Å². The van der Waals surface area contributed by atoms with E-state index in [2.05, 4.69) is 10.1 Å². The third-order valence-corrected chi connectivity index (χ3v) is 5.82. The third-order valence-electron chi connectivity index (χ3n) is 5.08. The normalized spacial score (nSPS) is 17.1. The van der Waals surface area contributed by atoms with Gasteiger partial charge in [0.15, 0.2) is 5.82 Å². The fraction of sp³-hybridized carbons (Fsp3) is 0.409. The van der Waals surface area contributed by atoms with E-state index in [-0.39, 0.29) is 13.2 Å². The highest BCUT2D eigenvalue weighted by atomic mass is 35.5. The summed E-state index contributed by atoms with van der Waals surface area (Å²) in [5.41, 5.74) is 1.18. The largest absolute Gasteiger partial charge is 0.465 e. The first kappa shape index (κ1) is 24.7. The predicted octanol–water partition coefficient (Wildman–Crippen LogP) is 3.46. The highest BCUT2D eigenvalue weighted by molar-refractivity contribution is 6.42. The Morgan fingerprint density at radius 1 is 1.03 bits per heavy atom. The number of hydrogen-bond acceptors (Lipinski definition) is 7. The van der Waals surface area contributed by atoms with E-state index in [0.717, 1.165) is 4.90 Å². The molecule has 3 rings (SSSR count). The van der Waals surface area contributed by atoms with Crippen LogP contribution in [0.4, 0.5) is 5.82 Å². The van der Waals surface area contributed by atoms with Gasteiger partial charge in [-0.05, 0) is 38.5 Å². The van der Waals surface area contributed by atoms with Gasteiger partial charge in [0, 0.05) is 11.8 Å². The molecule has 1 aromatic heterocycles.